The quantitative estimate of drug-likeness (QED) is 0.533. The SMILES string of the molecule is COC(=O)c1ccc(NC(=O)c2cc3c(ccc4ccccc43)o2)c(F)c1. The summed E-state index contributed by atoms with van der Waals surface area (Å²) in [5.41, 5.74) is 0.571. The highest BCUT2D eigenvalue weighted by atomic mass is 19.1. The fourth-order valence-electron chi connectivity index (χ4n) is 2.95. The minimum absolute atomic E-state index is 0.0574. The van der Waals surface area contributed by atoms with Crippen molar-refractivity contribution < 1.29 is 23.1 Å². The number of hydrogen-bond acceptors (Lipinski definition) is 4. The largest absolute Gasteiger partial charge is 0.465 e. The van der Waals surface area contributed by atoms with Gasteiger partial charge in [0.05, 0.1) is 18.4 Å². The molecule has 0 aliphatic heterocycles. The zero-order chi connectivity index (χ0) is 19.0. The maximum absolute atomic E-state index is 14.2. The van der Waals surface area contributed by atoms with E-state index in [0.29, 0.717) is 5.58 Å². The predicted octanol–water partition coefficient (Wildman–Crippen LogP) is 4.76. The number of halogens is 1. The molecule has 0 radical (unpaired) electrons. The number of methoxy groups -OCH3 is 1. The van der Waals surface area contributed by atoms with E-state index in [4.69, 9.17) is 4.42 Å². The lowest BCUT2D eigenvalue weighted by Gasteiger charge is -2.06. The molecule has 0 aliphatic rings. The highest BCUT2D eigenvalue weighted by molar-refractivity contribution is 6.10. The van der Waals surface area contributed by atoms with Gasteiger partial charge >= 0.3 is 5.97 Å². The molecule has 1 aromatic heterocycles. The Morgan fingerprint density at radius 2 is 1.81 bits per heavy atom. The highest BCUT2D eigenvalue weighted by Gasteiger charge is 2.17. The molecule has 1 heterocycles. The number of rotatable bonds is 3. The van der Waals surface area contributed by atoms with Gasteiger partial charge in [0, 0.05) is 5.39 Å². The Labute approximate surface area is 153 Å². The van der Waals surface area contributed by atoms with Crippen LogP contribution in [0, 0.1) is 5.82 Å². The summed E-state index contributed by atoms with van der Waals surface area (Å²) in [6.07, 6.45) is 0. The first kappa shape index (κ1) is 16.8. The van der Waals surface area contributed by atoms with Crippen molar-refractivity contribution in [2.24, 2.45) is 0 Å². The van der Waals surface area contributed by atoms with Gasteiger partial charge in [-0.2, -0.15) is 0 Å². The number of hydrogen-bond donors (Lipinski definition) is 1. The molecule has 3 aromatic carbocycles. The summed E-state index contributed by atoms with van der Waals surface area (Å²) < 4.78 is 24.3. The van der Waals surface area contributed by atoms with Crippen LogP contribution in [0.1, 0.15) is 20.9 Å². The van der Waals surface area contributed by atoms with Crippen molar-refractivity contribution in [2.75, 3.05) is 12.4 Å². The van der Waals surface area contributed by atoms with E-state index in [1.54, 1.807) is 12.1 Å². The Balaban J connectivity index is 1.65. The smallest absolute Gasteiger partial charge is 0.337 e. The van der Waals surface area contributed by atoms with Crippen molar-refractivity contribution >= 4 is 39.3 Å². The average Bonchev–Trinajstić information content (AvgIpc) is 3.14. The highest BCUT2D eigenvalue weighted by Crippen LogP contribution is 2.28. The zero-order valence-electron chi connectivity index (χ0n) is 14.3. The van der Waals surface area contributed by atoms with Crippen LogP contribution in [0.25, 0.3) is 21.7 Å². The van der Waals surface area contributed by atoms with Crippen molar-refractivity contribution in [3.05, 3.63) is 77.8 Å². The second kappa shape index (κ2) is 6.57. The molecule has 1 amide bonds. The minimum Gasteiger partial charge on any atom is -0.465 e. The van der Waals surface area contributed by atoms with Crippen LogP contribution in [0.2, 0.25) is 0 Å². The number of nitrogens with one attached hydrogen (secondary N) is 1. The average molecular weight is 363 g/mol. The molecule has 4 aromatic rings. The van der Waals surface area contributed by atoms with E-state index in [-0.39, 0.29) is 17.0 Å². The van der Waals surface area contributed by atoms with E-state index < -0.39 is 17.7 Å². The van der Waals surface area contributed by atoms with E-state index in [2.05, 4.69) is 10.1 Å². The van der Waals surface area contributed by atoms with Gasteiger partial charge in [-0.15, -0.1) is 0 Å². The van der Waals surface area contributed by atoms with Gasteiger partial charge in [-0.25, -0.2) is 9.18 Å². The number of carbonyl (C=O) groups is 2. The topological polar surface area (TPSA) is 68.5 Å². The predicted molar refractivity (Wildman–Crippen MR) is 99.4 cm³/mol. The van der Waals surface area contributed by atoms with Crippen molar-refractivity contribution in [2.45, 2.75) is 0 Å². The lowest BCUT2D eigenvalue weighted by atomic mass is 10.1. The first-order chi connectivity index (χ1) is 13.1. The molecule has 134 valence electrons. The van der Waals surface area contributed by atoms with Gasteiger partial charge in [-0.1, -0.05) is 30.3 Å². The Kier molecular flexibility index (Phi) is 4.08. The summed E-state index contributed by atoms with van der Waals surface area (Å²) in [5, 5.41) is 5.26. The molecule has 1 N–H and O–H groups in total. The first-order valence-corrected chi connectivity index (χ1v) is 8.17. The van der Waals surface area contributed by atoms with E-state index >= 15 is 0 Å². The lowest BCUT2D eigenvalue weighted by molar-refractivity contribution is 0.0600. The van der Waals surface area contributed by atoms with Crippen LogP contribution in [0.4, 0.5) is 10.1 Å². The van der Waals surface area contributed by atoms with Crippen LogP contribution in [0.5, 0.6) is 0 Å². The number of carbonyl (C=O) groups excluding carboxylic acids is 2. The molecule has 0 spiro atoms. The third kappa shape index (κ3) is 3.01. The van der Waals surface area contributed by atoms with Gasteiger partial charge in [0.1, 0.15) is 11.4 Å². The van der Waals surface area contributed by atoms with E-state index in [1.165, 1.54) is 19.2 Å². The summed E-state index contributed by atoms with van der Waals surface area (Å²) in [4.78, 5) is 23.9. The van der Waals surface area contributed by atoms with E-state index in [1.807, 2.05) is 30.3 Å². The summed E-state index contributed by atoms with van der Waals surface area (Å²) in [6, 6.07) is 16.8. The van der Waals surface area contributed by atoms with Crippen LogP contribution in [0.15, 0.2) is 65.1 Å². The number of amides is 1. The molecule has 0 saturated heterocycles. The Bertz CT molecular complexity index is 1200. The van der Waals surface area contributed by atoms with Crippen LogP contribution in [-0.4, -0.2) is 19.0 Å². The molecule has 0 atom stereocenters. The van der Waals surface area contributed by atoms with Crippen molar-refractivity contribution in [1.29, 1.82) is 0 Å². The van der Waals surface area contributed by atoms with E-state index in [9.17, 15) is 14.0 Å². The van der Waals surface area contributed by atoms with Crippen LogP contribution in [-0.2, 0) is 4.74 Å². The van der Waals surface area contributed by atoms with Gasteiger partial charge in [0.2, 0.25) is 0 Å². The van der Waals surface area contributed by atoms with Gasteiger partial charge in [-0.05, 0) is 41.1 Å². The van der Waals surface area contributed by atoms with Crippen molar-refractivity contribution in [3.8, 4) is 0 Å². The molecule has 0 unspecified atom stereocenters. The lowest BCUT2D eigenvalue weighted by Crippen LogP contribution is -2.12. The van der Waals surface area contributed by atoms with Crippen LogP contribution >= 0.6 is 0 Å². The monoisotopic (exact) mass is 363 g/mol. The first-order valence-electron chi connectivity index (χ1n) is 8.17. The number of ether oxygens (including phenoxy) is 1. The van der Waals surface area contributed by atoms with Crippen LogP contribution in [0.3, 0.4) is 0 Å². The fourth-order valence-corrected chi connectivity index (χ4v) is 2.95. The maximum Gasteiger partial charge on any atom is 0.337 e. The van der Waals surface area contributed by atoms with Crippen molar-refractivity contribution in [3.63, 3.8) is 0 Å². The second-order valence-corrected chi connectivity index (χ2v) is 5.95. The summed E-state index contributed by atoms with van der Waals surface area (Å²) in [5.74, 6) is -1.92. The summed E-state index contributed by atoms with van der Waals surface area (Å²) >= 11 is 0. The third-order valence-corrected chi connectivity index (χ3v) is 4.29. The molecule has 0 aliphatic carbocycles. The van der Waals surface area contributed by atoms with Gasteiger partial charge in [0.25, 0.3) is 5.91 Å². The number of anilines is 1. The number of fused-ring (bicyclic) bond motifs is 3. The standard InChI is InChI=1S/C21H14FNO4/c1-26-21(25)13-6-8-17(16(22)10-13)23-20(24)19-11-15-14-5-3-2-4-12(14)7-9-18(15)27-19/h2-11H,1H3,(H,23,24). The van der Waals surface area contributed by atoms with Gasteiger partial charge in [-0.3, -0.25) is 4.79 Å². The normalized spacial score (nSPS) is 10.9. The molecular weight excluding hydrogens is 349 g/mol. The number of esters is 1. The van der Waals surface area contributed by atoms with Crippen molar-refractivity contribution in [1.82, 2.24) is 0 Å². The van der Waals surface area contributed by atoms with E-state index in [0.717, 1.165) is 22.2 Å². The number of furan rings is 1. The van der Waals surface area contributed by atoms with Gasteiger partial charge in [0.15, 0.2) is 5.76 Å². The molecule has 0 fully saturated rings. The molecular formula is C21H14FNO4. The zero-order valence-corrected chi connectivity index (χ0v) is 14.3. The van der Waals surface area contributed by atoms with Gasteiger partial charge < -0.3 is 14.5 Å². The Hall–Kier alpha value is -3.67. The Morgan fingerprint density at radius 3 is 2.59 bits per heavy atom. The molecule has 5 nitrogen and oxygen atoms in total. The molecule has 27 heavy (non-hydrogen) atoms. The Morgan fingerprint density at radius 1 is 1.00 bits per heavy atom. The number of benzene rings is 3. The second-order valence-electron chi connectivity index (χ2n) is 5.95. The van der Waals surface area contributed by atoms with Crippen LogP contribution < -0.4 is 5.32 Å². The molecule has 6 heteroatoms. The minimum atomic E-state index is -0.743. The molecule has 0 saturated carbocycles. The summed E-state index contributed by atoms with van der Waals surface area (Å²) in [6.45, 7) is 0. The molecule has 0 bridgehead atoms. The maximum atomic E-state index is 14.2. The summed E-state index contributed by atoms with van der Waals surface area (Å²) in [7, 11) is 1.21. The molecule has 4 rings (SSSR count). The third-order valence-electron chi connectivity index (χ3n) is 4.29. The fraction of sp³-hybridized carbons (Fsp3) is 0.0476.